The molecule has 0 spiro atoms. The number of halogens is 2. The van der Waals surface area contributed by atoms with Gasteiger partial charge in [0.05, 0.1) is 17.7 Å². The van der Waals surface area contributed by atoms with Crippen LogP contribution in [0.1, 0.15) is 17.5 Å². The van der Waals surface area contributed by atoms with Crippen molar-refractivity contribution in [2.75, 3.05) is 5.32 Å². The van der Waals surface area contributed by atoms with E-state index in [1.807, 2.05) is 0 Å². The van der Waals surface area contributed by atoms with Crippen LogP contribution in [0.15, 0.2) is 23.3 Å². The third kappa shape index (κ3) is 5.59. The molecule has 2 aromatic rings. The Bertz CT molecular complexity index is 763. The number of benzene rings is 1. The molecule has 2 amide bonds. The summed E-state index contributed by atoms with van der Waals surface area (Å²) < 4.78 is 0. The topological polar surface area (TPSA) is 96.3 Å². The lowest BCUT2D eigenvalue weighted by Crippen LogP contribution is -2.19. The molecule has 1 aromatic heterocycles. The highest BCUT2D eigenvalue weighted by Crippen LogP contribution is 2.19. The molecule has 0 bridgehead atoms. The Balaban J connectivity index is 1.88. The number of hydrazone groups is 1. The molecule has 0 atom stereocenters. The van der Waals surface area contributed by atoms with Gasteiger partial charge < -0.3 is 5.32 Å². The molecule has 0 fully saturated rings. The fourth-order valence-corrected chi connectivity index (χ4v) is 2.72. The van der Waals surface area contributed by atoms with Crippen molar-refractivity contribution in [1.29, 1.82) is 0 Å². The van der Waals surface area contributed by atoms with E-state index in [0.29, 0.717) is 25.7 Å². The molecule has 0 aliphatic carbocycles. The second-order valence-electron chi connectivity index (χ2n) is 4.32. The molecule has 2 rings (SSSR count). The number of nitrogens with zero attached hydrogens (tertiary/aromatic N) is 3. The van der Waals surface area contributed by atoms with Crippen LogP contribution in [0.3, 0.4) is 0 Å². The molecule has 0 aliphatic rings. The van der Waals surface area contributed by atoms with Crippen LogP contribution in [0.2, 0.25) is 10.0 Å². The Hall–Kier alpha value is -2.03. The van der Waals surface area contributed by atoms with Crippen molar-refractivity contribution >= 4 is 57.7 Å². The molecule has 10 heteroatoms. The molecule has 0 unspecified atom stereocenters. The van der Waals surface area contributed by atoms with Gasteiger partial charge in [-0.1, -0.05) is 40.6 Å². The van der Waals surface area contributed by atoms with E-state index < -0.39 is 0 Å². The fourth-order valence-electron chi connectivity index (χ4n) is 1.48. The maximum atomic E-state index is 11.7. The molecule has 23 heavy (non-hydrogen) atoms. The lowest BCUT2D eigenvalue weighted by atomic mass is 10.2. The van der Waals surface area contributed by atoms with Gasteiger partial charge in [-0.2, -0.15) is 5.10 Å². The summed E-state index contributed by atoms with van der Waals surface area (Å²) in [5.74, 6) is -0.613. The van der Waals surface area contributed by atoms with Crippen molar-refractivity contribution < 1.29 is 9.59 Å². The lowest BCUT2D eigenvalue weighted by Gasteiger charge is -1.99. The molecule has 0 aliphatic heterocycles. The van der Waals surface area contributed by atoms with E-state index in [1.54, 1.807) is 18.2 Å². The number of aromatic nitrogens is 2. The number of carbonyl (C=O) groups is 2. The zero-order valence-electron chi connectivity index (χ0n) is 11.8. The first-order chi connectivity index (χ1) is 10.9. The van der Waals surface area contributed by atoms with E-state index in [9.17, 15) is 9.59 Å². The van der Waals surface area contributed by atoms with Crippen LogP contribution >= 0.6 is 34.5 Å². The summed E-state index contributed by atoms with van der Waals surface area (Å²) in [6, 6.07) is 4.93. The summed E-state index contributed by atoms with van der Waals surface area (Å²) in [6.45, 7) is 1.37. The summed E-state index contributed by atoms with van der Waals surface area (Å²) >= 11 is 12.9. The summed E-state index contributed by atoms with van der Waals surface area (Å²) in [4.78, 5) is 22.6. The maximum absolute atomic E-state index is 11.7. The molecule has 1 aromatic carbocycles. The third-order valence-corrected chi connectivity index (χ3v) is 3.82. The Kier molecular flexibility index (Phi) is 6.03. The highest BCUT2D eigenvalue weighted by molar-refractivity contribution is 7.15. The number of amides is 2. The Morgan fingerprint density at radius 2 is 2.13 bits per heavy atom. The van der Waals surface area contributed by atoms with Crippen LogP contribution in [0.4, 0.5) is 5.13 Å². The average Bonchev–Trinajstić information content (AvgIpc) is 2.87. The number of hydrogen-bond donors (Lipinski definition) is 2. The minimum absolute atomic E-state index is 0.00292. The van der Waals surface area contributed by atoms with Crippen molar-refractivity contribution in [2.24, 2.45) is 5.10 Å². The van der Waals surface area contributed by atoms with Crippen molar-refractivity contribution in [2.45, 2.75) is 13.3 Å². The molecule has 0 saturated heterocycles. The predicted molar refractivity (Wildman–Crippen MR) is 90.1 cm³/mol. The van der Waals surface area contributed by atoms with Gasteiger partial charge in [0.2, 0.25) is 16.9 Å². The smallest absolute Gasteiger partial charge is 0.247 e. The van der Waals surface area contributed by atoms with Crippen molar-refractivity contribution in [3.8, 4) is 0 Å². The van der Waals surface area contributed by atoms with Gasteiger partial charge in [0.25, 0.3) is 0 Å². The second kappa shape index (κ2) is 8.00. The van der Waals surface area contributed by atoms with Gasteiger partial charge in [0.1, 0.15) is 5.01 Å². The largest absolute Gasteiger partial charge is 0.301 e. The van der Waals surface area contributed by atoms with Gasteiger partial charge in [-0.05, 0) is 12.1 Å². The number of nitrogens with one attached hydrogen (secondary N) is 2. The first kappa shape index (κ1) is 17.3. The van der Waals surface area contributed by atoms with Crippen LogP contribution < -0.4 is 10.7 Å². The third-order valence-electron chi connectivity index (χ3n) is 2.42. The SMILES string of the molecule is CC(=O)Nc1nnc(CC(=O)N/N=C\c2ccc(Cl)cc2Cl)s1. The quantitative estimate of drug-likeness (QED) is 0.623. The van der Waals surface area contributed by atoms with E-state index in [0.717, 1.165) is 11.3 Å². The molecule has 0 radical (unpaired) electrons. The van der Waals surface area contributed by atoms with Crippen molar-refractivity contribution in [1.82, 2.24) is 15.6 Å². The van der Waals surface area contributed by atoms with E-state index in [-0.39, 0.29) is 18.2 Å². The van der Waals surface area contributed by atoms with Gasteiger partial charge in [-0.25, -0.2) is 5.43 Å². The number of rotatable bonds is 5. The Morgan fingerprint density at radius 1 is 1.35 bits per heavy atom. The van der Waals surface area contributed by atoms with Crippen LogP contribution in [-0.2, 0) is 16.0 Å². The summed E-state index contributed by atoms with van der Waals surface area (Å²) in [7, 11) is 0. The van der Waals surface area contributed by atoms with Gasteiger partial charge in [0, 0.05) is 17.5 Å². The van der Waals surface area contributed by atoms with Gasteiger partial charge in [-0.3, -0.25) is 9.59 Å². The van der Waals surface area contributed by atoms with E-state index in [4.69, 9.17) is 23.2 Å². The normalized spacial score (nSPS) is 10.7. The predicted octanol–water partition coefficient (Wildman–Crippen LogP) is 2.50. The summed E-state index contributed by atoms with van der Waals surface area (Å²) in [6.07, 6.45) is 1.42. The lowest BCUT2D eigenvalue weighted by molar-refractivity contribution is -0.120. The average molecular weight is 372 g/mol. The second-order valence-corrected chi connectivity index (χ2v) is 6.22. The van der Waals surface area contributed by atoms with Gasteiger partial charge in [-0.15, -0.1) is 10.2 Å². The number of anilines is 1. The summed E-state index contributed by atoms with van der Waals surface area (Å²) in [5, 5.41) is 15.6. The standard InChI is InChI=1S/C13H11Cl2N5O2S/c1-7(21)17-13-20-19-12(23-13)5-11(22)18-16-6-8-2-3-9(14)4-10(8)15/h2-4,6H,5H2,1H3,(H,18,22)(H,17,20,21)/b16-6-. The monoisotopic (exact) mass is 371 g/mol. The minimum atomic E-state index is -0.364. The van der Waals surface area contributed by atoms with Crippen LogP contribution in [0, 0.1) is 0 Å². The van der Waals surface area contributed by atoms with Crippen molar-refractivity contribution in [3.05, 3.63) is 38.8 Å². The van der Waals surface area contributed by atoms with E-state index in [1.165, 1.54) is 13.1 Å². The van der Waals surface area contributed by atoms with Crippen LogP contribution in [-0.4, -0.2) is 28.2 Å². The highest BCUT2D eigenvalue weighted by atomic mass is 35.5. The fraction of sp³-hybridized carbons (Fsp3) is 0.154. The van der Waals surface area contributed by atoms with Gasteiger partial charge >= 0.3 is 0 Å². The number of carbonyl (C=O) groups excluding carboxylic acids is 2. The Morgan fingerprint density at radius 3 is 2.83 bits per heavy atom. The zero-order valence-corrected chi connectivity index (χ0v) is 14.2. The molecule has 2 N–H and O–H groups in total. The molecule has 1 heterocycles. The van der Waals surface area contributed by atoms with Gasteiger partial charge in [0.15, 0.2) is 0 Å². The van der Waals surface area contributed by atoms with Crippen LogP contribution in [0.5, 0.6) is 0 Å². The van der Waals surface area contributed by atoms with E-state index >= 15 is 0 Å². The maximum Gasteiger partial charge on any atom is 0.247 e. The first-order valence-electron chi connectivity index (χ1n) is 6.31. The molecular formula is C13H11Cl2N5O2S. The molecule has 7 nitrogen and oxygen atoms in total. The minimum Gasteiger partial charge on any atom is -0.301 e. The Labute approximate surface area is 145 Å². The van der Waals surface area contributed by atoms with Crippen LogP contribution in [0.25, 0.3) is 0 Å². The summed E-state index contributed by atoms with van der Waals surface area (Å²) in [5.41, 5.74) is 2.99. The zero-order chi connectivity index (χ0) is 16.8. The molecule has 0 saturated carbocycles. The molecule has 120 valence electrons. The molecular weight excluding hydrogens is 361 g/mol. The van der Waals surface area contributed by atoms with E-state index in [2.05, 4.69) is 26.0 Å². The number of hydrogen-bond acceptors (Lipinski definition) is 6. The first-order valence-corrected chi connectivity index (χ1v) is 7.88. The van der Waals surface area contributed by atoms with Crippen molar-refractivity contribution in [3.63, 3.8) is 0 Å². The highest BCUT2D eigenvalue weighted by Gasteiger charge is 2.09.